The molecule has 4 heteroatoms. The molecule has 0 radical (unpaired) electrons. The molecule has 0 unspecified atom stereocenters. The molecule has 0 aromatic rings. The van der Waals surface area contributed by atoms with E-state index in [1.807, 2.05) is 5.06 Å². The summed E-state index contributed by atoms with van der Waals surface area (Å²) in [6, 6.07) is 0. The lowest BCUT2D eigenvalue weighted by atomic mass is 9.78. The number of hydrogen-bond acceptors (Lipinski definition) is 4. The van der Waals surface area contributed by atoms with Crippen LogP contribution in [0.4, 0.5) is 0 Å². The molecule has 2 aliphatic heterocycles. The molecule has 0 bridgehead atoms. The molecule has 0 aromatic carbocycles. The van der Waals surface area contributed by atoms with Crippen LogP contribution in [0.25, 0.3) is 0 Å². The van der Waals surface area contributed by atoms with Crippen LogP contribution in [0.5, 0.6) is 0 Å². The molecular weight excluding hydrogens is 240 g/mol. The van der Waals surface area contributed by atoms with E-state index >= 15 is 0 Å². The number of nitrogens with zero attached hydrogens (tertiary/aromatic N) is 2. The normalized spacial score (nSPS) is 31.3. The second kappa shape index (κ2) is 5.68. The molecule has 2 heterocycles. The number of rotatable bonds is 3. The largest absolute Gasteiger partial charge is 0.366 e. The summed E-state index contributed by atoms with van der Waals surface area (Å²) in [5, 5.41) is 12.2. The van der Waals surface area contributed by atoms with Gasteiger partial charge in [-0.1, -0.05) is 12.8 Å². The van der Waals surface area contributed by atoms with Gasteiger partial charge in [-0.2, -0.15) is 5.06 Å². The summed E-state index contributed by atoms with van der Waals surface area (Å²) in [5.41, 5.74) is 0.460. The second-order valence-corrected chi connectivity index (χ2v) is 6.96. The molecule has 3 fully saturated rings. The molecule has 19 heavy (non-hydrogen) atoms. The van der Waals surface area contributed by atoms with Gasteiger partial charge in [-0.3, -0.25) is 4.84 Å². The maximum absolute atomic E-state index is 10.2. The minimum atomic E-state index is -0.566. The summed E-state index contributed by atoms with van der Waals surface area (Å²) < 4.78 is 0. The highest BCUT2D eigenvalue weighted by Crippen LogP contribution is 2.40. The summed E-state index contributed by atoms with van der Waals surface area (Å²) in [5.74, 6) is 0.369. The predicted molar refractivity (Wildman–Crippen MR) is 74.4 cm³/mol. The van der Waals surface area contributed by atoms with Crippen molar-refractivity contribution in [2.75, 3.05) is 33.2 Å². The zero-order chi connectivity index (χ0) is 13.3. The summed E-state index contributed by atoms with van der Waals surface area (Å²) in [6.45, 7) is 4.43. The van der Waals surface area contributed by atoms with E-state index in [2.05, 4.69) is 11.9 Å². The first-order valence-corrected chi connectivity index (χ1v) is 7.95. The Morgan fingerprint density at radius 2 is 1.74 bits per heavy atom. The summed E-state index contributed by atoms with van der Waals surface area (Å²) in [4.78, 5) is 8.24. The third kappa shape index (κ3) is 3.13. The van der Waals surface area contributed by atoms with Crippen molar-refractivity contribution >= 4 is 0 Å². The van der Waals surface area contributed by atoms with E-state index in [-0.39, 0.29) is 0 Å². The number of likely N-dealkylation sites (tertiary alicyclic amines) is 1. The highest BCUT2D eigenvalue weighted by atomic mass is 16.8. The number of hydroxylamine groups is 2. The van der Waals surface area contributed by atoms with Gasteiger partial charge in [-0.05, 0) is 57.7 Å². The summed E-state index contributed by atoms with van der Waals surface area (Å²) in [6.07, 6.45) is 7.99. The van der Waals surface area contributed by atoms with E-state index in [1.165, 1.54) is 45.2 Å². The molecule has 4 nitrogen and oxygen atoms in total. The second-order valence-electron chi connectivity index (χ2n) is 6.96. The average Bonchev–Trinajstić information content (AvgIpc) is 3.04. The molecule has 3 rings (SSSR count). The zero-order valence-electron chi connectivity index (χ0n) is 12.2. The van der Waals surface area contributed by atoms with Crippen molar-refractivity contribution < 1.29 is 9.94 Å². The van der Waals surface area contributed by atoms with Crippen LogP contribution < -0.4 is 0 Å². The van der Waals surface area contributed by atoms with Crippen LogP contribution in [0.1, 0.15) is 44.9 Å². The third-order valence-electron chi connectivity index (χ3n) is 5.51. The Labute approximate surface area is 116 Å². The van der Waals surface area contributed by atoms with Crippen LogP contribution in [0, 0.1) is 11.3 Å². The third-order valence-corrected chi connectivity index (χ3v) is 5.51. The molecule has 0 aromatic heterocycles. The van der Waals surface area contributed by atoms with Crippen LogP contribution in [0.2, 0.25) is 0 Å². The minimum Gasteiger partial charge on any atom is -0.366 e. The fourth-order valence-corrected chi connectivity index (χ4v) is 3.97. The van der Waals surface area contributed by atoms with Crippen molar-refractivity contribution in [3.8, 4) is 0 Å². The van der Waals surface area contributed by atoms with Gasteiger partial charge in [-0.15, -0.1) is 0 Å². The SMILES string of the molecule is CN1CCC2(CC1)CCN(O[C@H](O)C1CCCC1)C2. The van der Waals surface area contributed by atoms with Crippen molar-refractivity contribution in [1.29, 1.82) is 0 Å². The Morgan fingerprint density at radius 3 is 2.42 bits per heavy atom. The minimum absolute atomic E-state index is 0.369. The van der Waals surface area contributed by atoms with E-state index in [4.69, 9.17) is 4.84 Å². The summed E-state index contributed by atoms with van der Waals surface area (Å²) >= 11 is 0. The van der Waals surface area contributed by atoms with Crippen LogP contribution in [-0.4, -0.2) is 54.6 Å². The maximum atomic E-state index is 10.2. The molecule has 0 amide bonds. The van der Waals surface area contributed by atoms with E-state index < -0.39 is 6.29 Å². The van der Waals surface area contributed by atoms with Crippen molar-refractivity contribution in [3.05, 3.63) is 0 Å². The van der Waals surface area contributed by atoms with Gasteiger partial charge < -0.3 is 10.0 Å². The van der Waals surface area contributed by atoms with Gasteiger partial charge in [0.15, 0.2) is 6.29 Å². The number of hydrogen-bond donors (Lipinski definition) is 1. The van der Waals surface area contributed by atoms with Gasteiger partial charge in [0.25, 0.3) is 0 Å². The van der Waals surface area contributed by atoms with Gasteiger partial charge in [0.2, 0.25) is 0 Å². The van der Waals surface area contributed by atoms with Gasteiger partial charge in [0, 0.05) is 19.0 Å². The first-order chi connectivity index (χ1) is 9.17. The van der Waals surface area contributed by atoms with Crippen molar-refractivity contribution in [1.82, 2.24) is 9.96 Å². The lowest BCUT2D eigenvalue weighted by Crippen LogP contribution is -2.40. The molecule has 110 valence electrons. The van der Waals surface area contributed by atoms with Crippen molar-refractivity contribution in [3.63, 3.8) is 0 Å². The van der Waals surface area contributed by atoms with Gasteiger partial charge >= 0.3 is 0 Å². The fraction of sp³-hybridized carbons (Fsp3) is 1.00. The molecule has 1 aliphatic carbocycles. The van der Waals surface area contributed by atoms with Crippen molar-refractivity contribution in [2.45, 2.75) is 51.2 Å². The first-order valence-electron chi connectivity index (χ1n) is 7.95. The smallest absolute Gasteiger partial charge is 0.177 e. The van der Waals surface area contributed by atoms with Gasteiger partial charge in [0.05, 0.1) is 0 Å². The molecule has 3 aliphatic rings. The molecule has 1 N–H and O–H groups in total. The van der Waals surface area contributed by atoms with Crippen LogP contribution in [0.15, 0.2) is 0 Å². The topological polar surface area (TPSA) is 35.9 Å². The quantitative estimate of drug-likeness (QED) is 0.792. The highest BCUT2D eigenvalue weighted by Gasteiger charge is 2.41. The molecule has 1 spiro atoms. The van der Waals surface area contributed by atoms with E-state index in [0.717, 1.165) is 25.9 Å². The number of piperidine rings is 1. The van der Waals surface area contributed by atoms with Crippen molar-refractivity contribution in [2.24, 2.45) is 11.3 Å². The van der Waals surface area contributed by atoms with Gasteiger partial charge in [-0.25, -0.2) is 0 Å². The zero-order valence-corrected chi connectivity index (χ0v) is 12.2. The lowest BCUT2D eigenvalue weighted by molar-refractivity contribution is -0.275. The van der Waals surface area contributed by atoms with Gasteiger partial charge in [0.1, 0.15) is 0 Å². The fourth-order valence-electron chi connectivity index (χ4n) is 3.97. The number of aliphatic hydroxyl groups excluding tert-OH is 1. The first kappa shape index (κ1) is 13.8. The Hall–Kier alpha value is -0.160. The van der Waals surface area contributed by atoms with E-state index in [0.29, 0.717) is 11.3 Å². The highest BCUT2D eigenvalue weighted by molar-refractivity contribution is 4.91. The predicted octanol–water partition coefficient (Wildman–Crippen LogP) is 1.84. The van der Waals surface area contributed by atoms with Crippen LogP contribution in [0.3, 0.4) is 0 Å². The molecule has 2 saturated heterocycles. The van der Waals surface area contributed by atoms with Crippen LogP contribution in [-0.2, 0) is 4.84 Å². The summed E-state index contributed by atoms with van der Waals surface area (Å²) in [7, 11) is 2.21. The lowest BCUT2D eigenvalue weighted by Gasteiger charge is -2.37. The standard InChI is InChI=1S/C15H28N2O2/c1-16-9-6-15(7-10-16)8-11-17(12-15)19-14(18)13-4-2-3-5-13/h13-14,18H,2-12H2,1H3/t14-/m0/s1. The molecule has 1 saturated carbocycles. The van der Waals surface area contributed by atoms with Crippen LogP contribution >= 0.6 is 0 Å². The molecular formula is C15H28N2O2. The van der Waals surface area contributed by atoms with E-state index in [1.54, 1.807) is 0 Å². The Morgan fingerprint density at radius 1 is 1.11 bits per heavy atom. The van der Waals surface area contributed by atoms with E-state index in [9.17, 15) is 5.11 Å². The number of aliphatic hydroxyl groups is 1. The Bertz CT molecular complexity index is 297. The monoisotopic (exact) mass is 268 g/mol. The maximum Gasteiger partial charge on any atom is 0.177 e. The molecule has 1 atom stereocenters. The Kier molecular flexibility index (Phi) is 4.13. The average molecular weight is 268 g/mol. The Balaban J connectivity index is 1.48.